The summed E-state index contributed by atoms with van der Waals surface area (Å²) in [6.45, 7) is 3.86. The summed E-state index contributed by atoms with van der Waals surface area (Å²) in [6, 6.07) is 6.14. The van der Waals surface area contributed by atoms with Crippen LogP contribution in [0.25, 0.3) is 5.69 Å². The van der Waals surface area contributed by atoms with Crippen molar-refractivity contribution in [3.05, 3.63) is 40.9 Å². The third-order valence-electron chi connectivity index (χ3n) is 2.27. The summed E-state index contributed by atoms with van der Waals surface area (Å²) in [4.78, 5) is 3.96. The highest BCUT2D eigenvalue weighted by molar-refractivity contribution is 9.10. The Balaban J connectivity index is 2.36. The van der Waals surface area contributed by atoms with Crippen LogP contribution in [0.1, 0.15) is 12.5 Å². The van der Waals surface area contributed by atoms with E-state index in [1.54, 1.807) is 17.3 Å². The van der Waals surface area contributed by atoms with E-state index in [1.165, 1.54) is 5.56 Å². The van der Waals surface area contributed by atoms with E-state index in [1.807, 2.05) is 12.1 Å². The van der Waals surface area contributed by atoms with E-state index in [0.29, 0.717) is 0 Å². The normalized spacial score (nSPS) is 10.6. The van der Waals surface area contributed by atoms with Crippen molar-refractivity contribution in [1.29, 1.82) is 0 Å². The average Bonchev–Trinajstić information content (AvgIpc) is 2.80. The van der Waals surface area contributed by atoms with Gasteiger partial charge >= 0.3 is 0 Å². The lowest BCUT2D eigenvalue weighted by molar-refractivity contribution is 0.716. The van der Waals surface area contributed by atoms with Crippen LogP contribution in [0.3, 0.4) is 0 Å². The molecule has 84 valence electrons. The summed E-state index contributed by atoms with van der Waals surface area (Å²) in [5.41, 5.74) is 2.25. The Labute approximate surface area is 103 Å². The molecule has 2 aromatic rings. The molecule has 2 rings (SSSR count). The molecule has 0 saturated carbocycles. The Kier molecular flexibility index (Phi) is 3.69. The zero-order valence-electron chi connectivity index (χ0n) is 9.02. The molecule has 0 amide bonds. The van der Waals surface area contributed by atoms with E-state index < -0.39 is 0 Å². The lowest BCUT2D eigenvalue weighted by Gasteiger charge is -2.10. The molecule has 0 aliphatic heterocycles. The van der Waals surface area contributed by atoms with Crippen molar-refractivity contribution >= 4 is 15.9 Å². The highest BCUT2D eigenvalue weighted by Crippen LogP contribution is 2.19. The van der Waals surface area contributed by atoms with Crippen LogP contribution in [-0.2, 0) is 6.54 Å². The number of hydrogen-bond acceptors (Lipinski definition) is 3. The molecule has 0 aliphatic rings. The van der Waals surface area contributed by atoms with Gasteiger partial charge in [-0.25, -0.2) is 9.67 Å². The molecule has 5 heteroatoms. The molecular weight excluding hydrogens is 268 g/mol. The minimum atomic E-state index is 0.825. The minimum absolute atomic E-state index is 0.825. The molecule has 0 unspecified atom stereocenters. The van der Waals surface area contributed by atoms with Crippen LogP contribution in [0, 0.1) is 0 Å². The van der Waals surface area contributed by atoms with Crippen LogP contribution in [-0.4, -0.2) is 21.3 Å². The minimum Gasteiger partial charge on any atom is -0.313 e. The second-order valence-corrected chi connectivity index (χ2v) is 4.31. The summed E-state index contributed by atoms with van der Waals surface area (Å²) < 4.78 is 2.85. The van der Waals surface area contributed by atoms with E-state index in [2.05, 4.69) is 44.3 Å². The van der Waals surface area contributed by atoms with Crippen LogP contribution < -0.4 is 5.32 Å². The molecule has 1 heterocycles. The number of nitrogens with zero attached hydrogens (tertiary/aromatic N) is 3. The Hall–Kier alpha value is -1.20. The highest BCUT2D eigenvalue weighted by Gasteiger charge is 2.05. The summed E-state index contributed by atoms with van der Waals surface area (Å²) in [7, 11) is 0. The molecule has 1 N–H and O–H groups in total. The number of rotatable bonds is 4. The number of benzene rings is 1. The van der Waals surface area contributed by atoms with Crippen molar-refractivity contribution in [2.24, 2.45) is 0 Å². The molecule has 0 atom stereocenters. The van der Waals surface area contributed by atoms with Gasteiger partial charge in [-0.15, -0.1) is 0 Å². The zero-order valence-corrected chi connectivity index (χ0v) is 10.6. The fourth-order valence-corrected chi connectivity index (χ4v) is 1.92. The number of hydrogen-bond donors (Lipinski definition) is 1. The highest BCUT2D eigenvalue weighted by atomic mass is 79.9. The largest absolute Gasteiger partial charge is 0.313 e. The van der Waals surface area contributed by atoms with Crippen molar-refractivity contribution in [2.45, 2.75) is 13.5 Å². The van der Waals surface area contributed by atoms with E-state index in [0.717, 1.165) is 23.2 Å². The summed E-state index contributed by atoms with van der Waals surface area (Å²) in [5.74, 6) is 0. The second-order valence-electron chi connectivity index (χ2n) is 3.39. The van der Waals surface area contributed by atoms with Crippen molar-refractivity contribution in [3.8, 4) is 5.69 Å². The van der Waals surface area contributed by atoms with Crippen molar-refractivity contribution in [1.82, 2.24) is 20.1 Å². The van der Waals surface area contributed by atoms with Crippen LogP contribution in [0.5, 0.6) is 0 Å². The maximum absolute atomic E-state index is 4.15. The van der Waals surface area contributed by atoms with Gasteiger partial charge in [-0.3, -0.25) is 0 Å². The number of nitrogens with one attached hydrogen (secondary N) is 1. The maximum Gasteiger partial charge on any atom is 0.138 e. The monoisotopic (exact) mass is 280 g/mol. The Morgan fingerprint density at radius 3 is 3.00 bits per heavy atom. The van der Waals surface area contributed by atoms with Crippen LogP contribution in [0.2, 0.25) is 0 Å². The van der Waals surface area contributed by atoms with Gasteiger partial charge in [0.1, 0.15) is 12.7 Å². The molecule has 4 nitrogen and oxygen atoms in total. The Bertz CT molecular complexity index is 453. The molecule has 1 aromatic heterocycles. The van der Waals surface area contributed by atoms with Crippen LogP contribution >= 0.6 is 15.9 Å². The molecule has 0 saturated heterocycles. The van der Waals surface area contributed by atoms with Crippen LogP contribution in [0.15, 0.2) is 35.3 Å². The summed E-state index contributed by atoms with van der Waals surface area (Å²) in [6.07, 6.45) is 3.25. The standard InChI is InChI=1S/C11H13BrN4/c1-2-13-6-9-5-10(12)3-4-11(9)16-8-14-7-15-16/h3-5,7-8,13H,2,6H2,1H3. The van der Waals surface area contributed by atoms with Crippen LogP contribution in [0.4, 0.5) is 0 Å². The van der Waals surface area contributed by atoms with Crippen molar-refractivity contribution in [3.63, 3.8) is 0 Å². The average molecular weight is 281 g/mol. The Morgan fingerprint density at radius 2 is 2.31 bits per heavy atom. The molecule has 0 radical (unpaired) electrons. The predicted molar refractivity (Wildman–Crippen MR) is 66.4 cm³/mol. The lowest BCUT2D eigenvalue weighted by atomic mass is 10.2. The molecule has 0 spiro atoms. The van der Waals surface area contributed by atoms with Crippen molar-refractivity contribution in [2.75, 3.05) is 6.54 Å². The first kappa shape index (κ1) is 11.3. The molecule has 1 aromatic carbocycles. The maximum atomic E-state index is 4.15. The van der Waals surface area contributed by atoms with Gasteiger partial charge in [-0.1, -0.05) is 22.9 Å². The number of aromatic nitrogens is 3. The fraction of sp³-hybridized carbons (Fsp3) is 0.273. The summed E-state index contributed by atoms with van der Waals surface area (Å²) in [5, 5.41) is 7.46. The second kappa shape index (κ2) is 5.23. The van der Waals surface area contributed by atoms with E-state index in [-0.39, 0.29) is 0 Å². The summed E-state index contributed by atoms with van der Waals surface area (Å²) >= 11 is 3.48. The van der Waals surface area contributed by atoms with E-state index >= 15 is 0 Å². The van der Waals surface area contributed by atoms with Gasteiger partial charge in [0.25, 0.3) is 0 Å². The van der Waals surface area contributed by atoms with Gasteiger partial charge in [0.2, 0.25) is 0 Å². The van der Waals surface area contributed by atoms with E-state index in [4.69, 9.17) is 0 Å². The van der Waals surface area contributed by atoms with Crippen molar-refractivity contribution < 1.29 is 0 Å². The molecule has 0 bridgehead atoms. The molecule has 0 aliphatic carbocycles. The smallest absolute Gasteiger partial charge is 0.138 e. The lowest BCUT2D eigenvalue weighted by Crippen LogP contribution is -2.14. The Morgan fingerprint density at radius 1 is 1.44 bits per heavy atom. The first-order chi connectivity index (χ1) is 7.81. The van der Waals surface area contributed by atoms with Gasteiger partial charge < -0.3 is 5.32 Å². The molecular formula is C11H13BrN4. The topological polar surface area (TPSA) is 42.7 Å². The third kappa shape index (κ3) is 2.48. The first-order valence-corrected chi connectivity index (χ1v) is 5.94. The van der Waals surface area contributed by atoms with Gasteiger partial charge in [0.15, 0.2) is 0 Å². The quantitative estimate of drug-likeness (QED) is 0.933. The number of halogens is 1. The molecule has 16 heavy (non-hydrogen) atoms. The molecule has 0 fully saturated rings. The van der Waals surface area contributed by atoms with Gasteiger partial charge in [-0.05, 0) is 30.3 Å². The SMILES string of the molecule is CCNCc1cc(Br)ccc1-n1cncn1. The zero-order chi connectivity index (χ0) is 11.4. The first-order valence-electron chi connectivity index (χ1n) is 5.15. The fourth-order valence-electron chi connectivity index (χ4n) is 1.51. The van der Waals surface area contributed by atoms with Gasteiger partial charge in [0, 0.05) is 11.0 Å². The third-order valence-corrected chi connectivity index (χ3v) is 2.77. The van der Waals surface area contributed by atoms with Gasteiger partial charge in [0.05, 0.1) is 5.69 Å². The van der Waals surface area contributed by atoms with E-state index in [9.17, 15) is 0 Å². The van der Waals surface area contributed by atoms with Gasteiger partial charge in [-0.2, -0.15) is 5.10 Å². The predicted octanol–water partition coefficient (Wildman–Crippen LogP) is 2.14.